The fourth-order valence-electron chi connectivity index (χ4n) is 2.61. The second-order valence-corrected chi connectivity index (χ2v) is 4.62. The molecule has 0 aliphatic carbocycles. The van der Waals surface area contributed by atoms with E-state index in [0.29, 0.717) is 5.82 Å². The molecule has 2 N–H and O–H groups in total. The van der Waals surface area contributed by atoms with Crippen LogP contribution in [0.4, 0.5) is 11.5 Å². The van der Waals surface area contributed by atoms with Crippen molar-refractivity contribution in [1.29, 1.82) is 0 Å². The smallest absolute Gasteiger partial charge is 0.145 e. The third-order valence-corrected chi connectivity index (χ3v) is 3.47. The van der Waals surface area contributed by atoms with Crippen LogP contribution >= 0.6 is 0 Å². The zero-order valence-corrected chi connectivity index (χ0v) is 10.5. The van der Waals surface area contributed by atoms with Crippen molar-refractivity contribution in [1.82, 2.24) is 4.98 Å². The minimum atomic E-state index is 0.550. The van der Waals surface area contributed by atoms with Gasteiger partial charge in [0.05, 0.1) is 7.11 Å². The third kappa shape index (κ3) is 1.74. The van der Waals surface area contributed by atoms with Crippen molar-refractivity contribution in [3.63, 3.8) is 0 Å². The standard InChI is InChI=1S/C14H17N3O/c1-18-12-6-4-5-10-11(17-7-2-3-8-17)9-13(15)16-14(10)12/h4-6,9H,2-3,7-8H2,1H3,(H2,15,16). The minimum absolute atomic E-state index is 0.550. The average molecular weight is 243 g/mol. The van der Waals surface area contributed by atoms with Gasteiger partial charge in [0, 0.05) is 30.2 Å². The lowest BCUT2D eigenvalue weighted by molar-refractivity contribution is 0.419. The molecule has 4 nitrogen and oxygen atoms in total. The number of hydrogen-bond donors (Lipinski definition) is 1. The molecule has 1 aromatic carbocycles. The summed E-state index contributed by atoms with van der Waals surface area (Å²) in [6.07, 6.45) is 2.49. The molecule has 1 fully saturated rings. The molecule has 1 aromatic heterocycles. The van der Waals surface area contributed by atoms with Crippen molar-refractivity contribution >= 4 is 22.4 Å². The monoisotopic (exact) mass is 243 g/mol. The Kier molecular flexibility index (Phi) is 2.70. The topological polar surface area (TPSA) is 51.4 Å². The van der Waals surface area contributed by atoms with Crippen molar-refractivity contribution in [2.45, 2.75) is 12.8 Å². The summed E-state index contributed by atoms with van der Waals surface area (Å²) in [5, 5.41) is 1.12. The van der Waals surface area contributed by atoms with Crippen LogP contribution in [0.3, 0.4) is 0 Å². The Hall–Kier alpha value is -1.97. The number of pyridine rings is 1. The van der Waals surface area contributed by atoms with Crippen LogP contribution in [0, 0.1) is 0 Å². The summed E-state index contributed by atoms with van der Waals surface area (Å²) >= 11 is 0. The molecule has 4 heteroatoms. The van der Waals surface area contributed by atoms with E-state index < -0.39 is 0 Å². The lowest BCUT2D eigenvalue weighted by atomic mass is 10.1. The van der Waals surface area contributed by atoms with Gasteiger partial charge in [-0.15, -0.1) is 0 Å². The molecule has 1 aliphatic heterocycles. The maximum atomic E-state index is 5.92. The van der Waals surface area contributed by atoms with Gasteiger partial charge in [-0.3, -0.25) is 0 Å². The van der Waals surface area contributed by atoms with Gasteiger partial charge in [-0.1, -0.05) is 12.1 Å². The molecule has 0 amide bonds. The molecular weight excluding hydrogens is 226 g/mol. The zero-order chi connectivity index (χ0) is 12.5. The Labute approximate surface area is 106 Å². The number of aromatic nitrogens is 1. The number of fused-ring (bicyclic) bond motifs is 1. The van der Waals surface area contributed by atoms with Gasteiger partial charge in [-0.2, -0.15) is 0 Å². The Morgan fingerprint density at radius 3 is 2.78 bits per heavy atom. The minimum Gasteiger partial charge on any atom is -0.494 e. The number of nitrogens with zero attached hydrogens (tertiary/aromatic N) is 2. The van der Waals surface area contributed by atoms with Crippen LogP contribution in [0.25, 0.3) is 10.9 Å². The van der Waals surface area contributed by atoms with E-state index in [2.05, 4.69) is 16.0 Å². The van der Waals surface area contributed by atoms with E-state index >= 15 is 0 Å². The fraction of sp³-hybridized carbons (Fsp3) is 0.357. The summed E-state index contributed by atoms with van der Waals surface area (Å²) in [6.45, 7) is 2.19. The fourth-order valence-corrected chi connectivity index (χ4v) is 2.61. The quantitative estimate of drug-likeness (QED) is 0.880. The van der Waals surface area contributed by atoms with Crippen molar-refractivity contribution < 1.29 is 4.74 Å². The average Bonchev–Trinajstić information content (AvgIpc) is 2.90. The van der Waals surface area contributed by atoms with Crippen molar-refractivity contribution in [2.75, 3.05) is 30.8 Å². The third-order valence-electron chi connectivity index (χ3n) is 3.47. The summed E-state index contributed by atoms with van der Waals surface area (Å²) in [4.78, 5) is 6.78. The van der Waals surface area contributed by atoms with Gasteiger partial charge in [0.25, 0.3) is 0 Å². The molecule has 0 bridgehead atoms. The molecule has 94 valence electrons. The number of nitrogens with two attached hydrogens (primary N) is 1. The second-order valence-electron chi connectivity index (χ2n) is 4.62. The van der Waals surface area contributed by atoms with Crippen LogP contribution < -0.4 is 15.4 Å². The molecule has 18 heavy (non-hydrogen) atoms. The Bertz CT molecular complexity index is 577. The van der Waals surface area contributed by atoms with Crippen LogP contribution in [0.5, 0.6) is 5.75 Å². The van der Waals surface area contributed by atoms with E-state index in [-0.39, 0.29) is 0 Å². The second kappa shape index (κ2) is 4.37. The maximum Gasteiger partial charge on any atom is 0.145 e. The molecule has 3 rings (SSSR count). The summed E-state index contributed by atoms with van der Waals surface area (Å²) in [6, 6.07) is 7.96. The first-order valence-electron chi connectivity index (χ1n) is 6.28. The van der Waals surface area contributed by atoms with E-state index in [1.165, 1.54) is 18.5 Å². The maximum absolute atomic E-state index is 5.92. The molecule has 2 heterocycles. The predicted octanol–water partition coefficient (Wildman–Crippen LogP) is 2.43. The van der Waals surface area contributed by atoms with Gasteiger partial charge in [0.1, 0.15) is 17.1 Å². The lowest BCUT2D eigenvalue weighted by Crippen LogP contribution is -2.18. The number of rotatable bonds is 2. The van der Waals surface area contributed by atoms with Gasteiger partial charge < -0.3 is 15.4 Å². The van der Waals surface area contributed by atoms with Crippen LogP contribution in [-0.2, 0) is 0 Å². The first kappa shape index (κ1) is 11.1. The molecule has 0 atom stereocenters. The summed E-state index contributed by atoms with van der Waals surface area (Å²) in [5.74, 6) is 1.33. The number of nitrogen functional groups attached to an aromatic ring is 1. The van der Waals surface area contributed by atoms with Gasteiger partial charge in [0.15, 0.2) is 0 Å². The predicted molar refractivity (Wildman–Crippen MR) is 74.2 cm³/mol. The highest BCUT2D eigenvalue weighted by atomic mass is 16.5. The molecule has 0 spiro atoms. The molecule has 1 aliphatic rings. The highest BCUT2D eigenvalue weighted by Crippen LogP contribution is 2.34. The molecule has 2 aromatic rings. The van der Waals surface area contributed by atoms with Crippen LogP contribution in [0.1, 0.15) is 12.8 Å². The van der Waals surface area contributed by atoms with E-state index in [4.69, 9.17) is 10.5 Å². The Balaban J connectivity index is 2.24. The van der Waals surface area contributed by atoms with Gasteiger partial charge in [0.2, 0.25) is 0 Å². The van der Waals surface area contributed by atoms with E-state index in [1.807, 2.05) is 18.2 Å². The number of ether oxygens (including phenoxy) is 1. The van der Waals surface area contributed by atoms with Crippen LogP contribution in [0.15, 0.2) is 24.3 Å². The lowest BCUT2D eigenvalue weighted by Gasteiger charge is -2.20. The molecule has 0 saturated carbocycles. The van der Waals surface area contributed by atoms with Gasteiger partial charge in [-0.05, 0) is 18.9 Å². The number of para-hydroxylation sites is 1. The number of anilines is 2. The van der Waals surface area contributed by atoms with Crippen molar-refractivity contribution in [3.8, 4) is 5.75 Å². The van der Waals surface area contributed by atoms with Gasteiger partial charge in [-0.25, -0.2) is 4.98 Å². The summed E-state index contributed by atoms with van der Waals surface area (Å²) in [5.41, 5.74) is 7.95. The van der Waals surface area contributed by atoms with Crippen molar-refractivity contribution in [3.05, 3.63) is 24.3 Å². The highest BCUT2D eigenvalue weighted by molar-refractivity contribution is 5.96. The van der Waals surface area contributed by atoms with E-state index in [1.54, 1.807) is 7.11 Å². The zero-order valence-electron chi connectivity index (χ0n) is 10.5. The van der Waals surface area contributed by atoms with E-state index in [0.717, 1.165) is 29.7 Å². The number of benzene rings is 1. The molecular formula is C14H17N3O. The number of hydrogen-bond acceptors (Lipinski definition) is 4. The first-order chi connectivity index (χ1) is 8.79. The Morgan fingerprint density at radius 1 is 1.28 bits per heavy atom. The van der Waals surface area contributed by atoms with Crippen LogP contribution in [0.2, 0.25) is 0 Å². The summed E-state index contributed by atoms with van der Waals surface area (Å²) in [7, 11) is 1.66. The molecule has 0 unspecified atom stereocenters. The van der Waals surface area contributed by atoms with Crippen LogP contribution in [-0.4, -0.2) is 25.2 Å². The number of methoxy groups -OCH3 is 1. The Morgan fingerprint density at radius 2 is 2.06 bits per heavy atom. The van der Waals surface area contributed by atoms with E-state index in [9.17, 15) is 0 Å². The first-order valence-corrected chi connectivity index (χ1v) is 6.28. The summed E-state index contributed by atoms with van der Waals surface area (Å²) < 4.78 is 5.36. The molecule has 1 saturated heterocycles. The van der Waals surface area contributed by atoms with Crippen molar-refractivity contribution in [2.24, 2.45) is 0 Å². The molecule has 0 radical (unpaired) electrons. The largest absolute Gasteiger partial charge is 0.494 e. The normalized spacial score (nSPS) is 15.3. The SMILES string of the molecule is COc1cccc2c(N3CCCC3)cc(N)nc12. The van der Waals surface area contributed by atoms with Gasteiger partial charge >= 0.3 is 0 Å². The highest BCUT2D eigenvalue weighted by Gasteiger charge is 2.17.